The number of hydrazone groups is 1. The maximum absolute atomic E-state index is 12.1. The second kappa shape index (κ2) is 5.79. The van der Waals surface area contributed by atoms with Crippen LogP contribution in [0.4, 0.5) is 5.69 Å². The van der Waals surface area contributed by atoms with Crippen molar-refractivity contribution in [1.82, 2.24) is 5.32 Å². The Bertz CT molecular complexity index is 618. The smallest absolute Gasteiger partial charge is 0.306 e. The third kappa shape index (κ3) is 2.95. The molecule has 22 heavy (non-hydrogen) atoms. The van der Waals surface area contributed by atoms with Crippen molar-refractivity contribution in [2.24, 2.45) is 11.0 Å². The van der Waals surface area contributed by atoms with Gasteiger partial charge in [0.25, 0.3) is 5.91 Å². The van der Waals surface area contributed by atoms with Gasteiger partial charge in [0, 0.05) is 30.3 Å². The third-order valence-electron chi connectivity index (χ3n) is 4.23. The lowest BCUT2D eigenvalue weighted by Crippen LogP contribution is -2.46. The zero-order chi connectivity index (χ0) is 15.7. The number of carbonyl (C=O) groups excluding carboxylic acids is 1. The number of nitrogens with zero attached hydrogens (tertiary/aromatic N) is 2. The Kier molecular flexibility index (Phi) is 3.83. The van der Waals surface area contributed by atoms with Crippen molar-refractivity contribution in [3.05, 3.63) is 29.8 Å². The second-order valence-electron chi connectivity index (χ2n) is 5.93. The summed E-state index contributed by atoms with van der Waals surface area (Å²) in [5.41, 5.74) is 2.67. The number of nitrogens with one attached hydrogen (secondary N) is 1. The molecular formula is C16H19N3O3. The second-order valence-corrected chi connectivity index (χ2v) is 5.93. The van der Waals surface area contributed by atoms with Gasteiger partial charge in [-0.2, -0.15) is 5.10 Å². The molecule has 1 heterocycles. The van der Waals surface area contributed by atoms with Crippen molar-refractivity contribution in [2.75, 3.05) is 11.6 Å². The van der Waals surface area contributed by atoms with E-state index in [2.05, 4.69) is 10.4 Å². The molecule has 1 aliphatic heterocycles. The topological polar surface area (TPSA) is 82.0 Å². The molecule has 1 saturated carbocycles. The SMILES string of the molecule is CC1=NN(c2ccc(C(=O)NC3CC(C(=O)O)C3)cc2)CC1. The summed E-state index contributed by atoms with van der Waals surface area (Å²) in [6, 6.07) is 7.30. The van der Waals surface area contributed by atoms with E-state index in [1.807, 2.05) is 24.1 Å². The summed E-state index contributed by atoms with van der Waals surface area (Å²) in [5.74, 6) is -1.25. The fourth-order valence-corrected chi connectivity index (χ4v) is 2.75. The molecule has 6 heteroatoms. The molecule has 0 unspecified atom stereocenters. The number of carboxylic acids is 1. The van der Waals surface area contributed by atoms with Gasteiger partial charge in [0.1, 0.15) is 0 Å². The van der Waals surface area contributed by atoms with Gasteiger partial charge in [0.05, 0.1) is 11.6 Å². The molecule has 1 amide bonds. The highest BCUT2D eigenvalue weighted by Crippen LogP contribution is 2.28. The Morgan fingerprint density at radius 3 is 2.50 bits per heavy atom. The van der Waals surface area contributed by atoms with Crippen LogP contribution in [0.5, 0.6) is 0 Å². The summed E-state index contributed by atoms with van der Waals surface area (Å²) >= 11 is 0. The lowest BCUT2D eigenvalue weighted by molar-refractivity contribution is -0.145. The van der Waals surface area contributed by atoms with Gasteiger partial charge in [-0.25, -0.2) is 0 Å². The van der Waals surface area contributed by atoms with E-state index in [-0.39, 0.29) is 17.9 Å². The van der Waals surface area contributed by atoms with Gasteiger partial charge in [0.15, 0.2) is 0 Å². The van der Waals surface area contributed by atoms with E-state index in [0.717, 1.165) is 24.4 Å². The van der Waals surface area contributed by atoms with Crippen molar-refractivity contribution < 1.29 is 14.7 Å². The van der Waals surface area contributed by atoms with Crippen LogP contribution in [0.25, 0.3) is 0 Å². The van der Waals surface area contributed by atoms with Gasteiger partial charge in [-0.1, -0.05) is 0 Å². The van der Waals surface area contributed by atoms with Gasteiger partial charge >= 0.3 is 5.97 Å². The summed E-state index contributed by atoms with van der Waals surface area (Å²) in [6.45, 7) is 2.88. The normalized spacial score (nSPS) is 23.7. The number of hydrogen-bond acceptors (Lipinski definition) is 4. The number of benzene rings is 1. The molecule has 1 fully saturated rings. The zero-order valence-electron chi connectivity index (χ0n) is 12.5. The maximum Gasteiger partial charge on any atom is 0.306 e. The van der Waals surface area contributed by atoms with Crippen LogP contribution in [0, 0.1) is 5.92 Å². The van der Waals surface area contributed by atoms with E-state index in [0.29, 0.717) is 18.4 Å². The summed E-state index contributed by atoms with van der Waals surface area (Å²) in [4.78, 5) is 22.9. The van der Waals surface area contributed by atoms with Crippen molar-refractivity contribution >= 4 is 23.3 Å². The first kappa shape index (κ1) is 14.6. The van der Waals surface area contributed by atoms with E-state index in [1.54, 1.807) is 12.1 Å². The average molecular weight is 301 g/mol. The minimum atomic E-state index is -0.781. The largest absolute Gasteiger partial charge is 0.481 e. The number of hydrogen-bond donors (Lipinski definition) is 2. The first-order valence-electron chi connectivity index (χ1n) is 7.48. The molecular weight excluding hydrogens is 282 g/mol. The fourth-order valence-electron chi connectivity index (χ4n) is 2.75. The minimum Gasteiger partial charge on any atom is -0.481 e. The minimum absolute atomic E-state index is 0.0286. The molecule has 6 nitrogen and oxygen atoms in total. The van der Waals surface area contributed by atoms with Crippen LogP contribution in [0.15, 0.2) is 29.4 Å². The third-order valence-corrected chi connectivity index (χ3v) is 4.23. The molecule has 2 aliphatic rings. The van der Waals surface area contributed by atoms with Crippen molar-refractivity contribution in [2.45, 2.75) is 32.2 Å². The van der Waals surface area contributed by atoms with E-state index in [4.69, 9.17) is 5.11 Å². The summed E-state index contributed by atoms with van der Waals surface area (Å²) in [6.07, 6.45) is 2.00. The Labute approximate surface area is 128 Å². The predicted molar refractivity (Wildman–Crippen MR) is 83.1 cm³/mol. The predicted octanol–water partition coefficient (Wildman–Crippen LogP) is 1.87. The number of rotatable bonds is 4. The van der Waals surface area contributed by atoms with Gasteiger partial charge < -0.3 is 10.4 Å². The van der Waals surface area contributed by atoms with Crippen molar-refractivity contribution in [3.8, 4) is 0 Å². The fraction of sp³-hybridized carbons (Fsp3) is 0.438. The maximum atomic E-state index is 12.1. The molecule has 2 N–H and O–H groups in total. The highest BCUT2D eigenvalue weighted by Gasteiger charge is 2.35. The Hall–Kier alpha value is -2.37. The molecule has 1 aromatic rings. The van der Waals surface area contributed by atoms with Crippen molar-refractivity contribution in [1.29, 1.82) is 0 Å². The van der Waals surface area contributed by atoms with E-state index in [1.165, 1.54) is 0 Å². The molecule has 0 atom stereocenters. The molecule has 0 spiro atoms. The molecule has 0 aromatic heterocycles. The molecule has 0 bridgehead atoms. The first-order chi connectivity index (χ1) is 10.5. The van der Waals surface area contributed by atoms with Crippen LogP contribution in [0.3, 0.4) is 0 Å². The zero-order valence-corrected chi connectivity index (χ0v) is 12.5. The molecule has 0 saturated heterocycles. The van der Waals surface area contributed by atoms with E-state index < -0.39 is 5.97 Å². The number of amides is 1. The van der Waals surface area contributed by atoms with E-state index >= 15 is 0 Å². The summed E-state index contributed by atoms with van der Waals surface area (Å²) < 4.78 is 0. The number of carbonyl (C=O) groups is 2. The number of anilines is 1. The Morgan fingerprint density at radius 1 is 1.27 bits per heavy atom. The highest BCUT2D eigenvalue weighted by atomic mass is 16.4. The lowest BCUT2D eigenvalue weighted by Gasteiger charge is -2.32. The Morgan fingerprint density at radius 2 is 1.95 bits per heavy atom. The average Bonchev–Trinajstić information content (AvgIpc) is 2.88. The molecule has 0 radical (unpaired) electrons. The van der Waals surface area contributed by atoms with Gasteiger partial charge in [-0.3, -0.25) is 14.6 Å². The lowest BCUT2D eigenvalue weighted by atomic mass is 9.80. The van der Waals surface area contributed by atoms with Crippen LogP contribution < -0.4 is 10.3 Å². The van der Waals surface area contributed by atoms with Crippen LogP contribution in [-0.2, 0) is 4.79 Å². The summed E-state index contributed by atoms with van der Waals surface area (Å²) in [5, 5.41) is 18.1. The van der Waals surface area contributed by atoms with Crippen LogP contribution in [0.1, 0.15) is 36.5 Å². The molecule has 1 aliphatic carbocycles. The first-order valence-corrected chi connectivity index (χ1v) is 7.48. The quantitative estimate of drug-likeness (QED) is 0.889. The number of carboxylic acid groups (broad SMARTS) is 1. The number of aliphatic carboxylic acids is 1. The van der Waals surface area contributed by atoms with Crippen LogP contribution >= 0.6 is 0 Å². The molecule has 3 rings (SSSR count). The monoisotopic (exact) mass is 301 g/mol. The Balaban J connectivity index is 1.56. The highest BCUT2D eigenvalue weighted by molar-refractivity contribution is 5.95. The van der Waals surface area contributed by atoms with Crippen molar-refractivity contribution in [3.63, 3.8) is 0 Å². The summed E-state index contributed by atoms with van der Waals surface area (Å²) in [7, 11) is 0. The van der Waals surface area contributed by atoms with Crippen LogP contribution in [0.2, 0.25) is 0 Å². The molecule has 116 valence electrons. The van der Waals surface area contributed by atoms with E-state index in [9.17, 15) is 9.59 Å². The standard InChI is InChI=1S/C16H19N3O3/c1-10-6-7-19(18-10)14-4-2-11(3-5-14)15(20)17-13-8-12(9-13)16(21)22/h2-5,12-13H,6-9H2,1H3,(H,17,20)(H,21,22). The van der Waals surface area contributed by atoms with Gasteiger partial charge in [-0.15, -0.1) is 0 Å². The molecule has 1 aromatic carbocycles. The van der Waals surface area contributed by atoms with Gasteiger partial charge in [0.2, 0.25) is 0 Å². The van der Waals surface area contributed by atoms with Gasteiger partial charge in [-0.05, 0) is 44.0 Å². The van der Waals surface area contributed by atoms with Crippen LogP contribution in [-0.4, -0.2) is 35.3 Å².